The first-order chi connectivity index (χ1) is 8.94. The van der Waals surface area contributed by atoms with E-state index in [4.69, 9.17) is 9.31 Å². The minimum Gasteiger partial charge on any atom is -0.399 e. The van der Waals surface area contributed by atoms with Gasteiger partial charge in [0.1, 0.15) is 5.82 Å². The highest BCUT2D eigenvalue weighted by Crippen LogP contribution is 2.37. The van der Waals surface area contributed by atoms with E-state index in [1.807, 2.05) is 39.8 Å². The van der Waals surface area contributed by atoms with Crippen molar-refractivity contribution in [2.45, 2.75) is 65.1 Å². The molecular weight excluding hydrogens is 254 g/mol. The van der Waals surface area contributed by atoms with Crippen molar-refractivity contribution < 1.29 is 13.7 Å². The Morgan fingerprint density at radius 3 is 1.95 bits per heavy atom. The van der Waals surface area contributed by atoms with E-state index in [1.54, 1.807) is 0 Å². The molecule has 0 aromatic heterocycles. The molecule has 1 aromatic rings. The predicted octanol–water partition coefficient (Wildman–Crippen LogP) is 3.42. The van der Waals surface area contributed by atoms with E-state index < -0.39 is 18.3 Å². The average molecular weight is 278 g/mol. The zero-order valence-electron chi connectivity index (χ0n) is 13.5. The van der Waals surface area contributed by atoms with Gasteiger partial charge in [0.25, 0.3) is 0 Å². The second-order valence-corrected chi connectivity index (χ2v) is 7.57. The molecule has 110 valence electrons. The van der Waals surface area contributed by atoms with E-state index >= 15 is 0 Å². The first-order valence-corrected chi connectivity index (χ1v) is 7.10. The van der Waals surface area contributed by atoms with Crippen molar-refractivity contribution in [3.63, 3.8) is 0 Å². The maximum absolute atomic E-state index is 14.2. The van der Waals surface area contributed by atoms with Gasteiger partial charge in [-0.05, 0) is 44.7 Å². The molecule has 1 aliphatic rings. The van der Waals surface area contributed by atoms with Gasteiger partial charge in [-0.15, -0.1) is 0 Å². The van der Waals surface area contributed by atoms with Crippen LogP contribution < -0.4 is 5.46 Å². The van der Waals surface area contributed by atoms with E-state index in [9.17, 15) is 4.39 Å². The quantitative estimate of drug-likeness (QED) is 0.733. The van der Waals surface area contributed by atoms with Gasteiger partial charge in [-0.2, -0.15) is 0 Å². The van der Waals surface area contributed by atoms with Crippen LogP contribution in [0, 0.1) is 5.82 Å². The molecule has 0 unspecified atom stereocenters. The maximum Gasteiger partial charge on any atom is 0.497 e. The van der Waals surface area contributed by atoms with E-state index in [2.05, 4.69) is 20.8 Å². The Morgan fingerprint density at radius 1 is 1.00 bits per heavy atom. The van der Waals surface area contributed by atoms with Gasteiger partial charge in [0, 0.05) is 5.46 Å². The average Bonchev–Trinajstić information content (AvgIpc) is 2.46. The fraction of sp³-hybridized carbons (Fsp3) is 0.625. The van der Waals surface area contributed by atoms with Crippen molar-refractivity contribution in [1.29, 1.82) is 0 Å². The lowest BCUT2D eigenvalue weighted by Crippen LogP contribution is -2.41. The molecule has 0 radical (unpaired) electrons. The number of rotatable bonds is 1. The van der Waals surface area contributed by atoms with E-state index in [0.29, 0.717) is 5.46 Å². The summed E-state index contributed by atoms with van der Waals surface area (Å²) < 4.78 is 26.0. The van der Waals surface area contributed by atoms with Crippen molar-refractivity contribution in [2.75, 3.05) is 0 Å². The third kappa shape index (κ3) is 2.64. The molecule has 0 N–H and O–H groups in total. The molecule has 0 atom stereocenters. The standard InChI is InChI=1S/C16H24BFO2/c1-14(2,3)11-8-9-13(18)12(10-11)17-19-15(4,5)16(6,7)20-17/h8-10H,1-7H3. The van der Waals surface area contributed by atoms with Crippen LogP contribution in [0.1, 0.15) is 54.0 Å². The minimum atomic E-state index is -0.651. The van der Waals surface area contributed by atoms with E-state index in [-0.39, 0.29) is 11.2 Å². The summed E-state index contributed by atoms with van der Waals surface area (Å²) in [6.07, 6.45) is 0. The molecule has 1 fully saturated rings. The Hall–Kier alpha value is -0.865. The maximum atomic E-state index is 14.2. The van der Waals surface area contributed by atoms with Crippen molar-refractivity contribution in [1.82, 2.24) is 0 Å². The van der Waals surface area contributed by atoms with Crippen LogP contribution in [0.5, 0.6) is 0 Å². The molecule has 0 bridgehead atoms. The summed E-state index contributed by atoms with van der Waals surface area (Å²) >= 11 is 0. The highest BCUT2D eigenvalue weighted by Gasteiger charge is 2.52. The number of halogens is 1. The first kappa shape index (κ1) is 15.5. The lowest BCUT2D eigenvalue weighted by Gasteiger charge is -2.32. The molecule has 0 amide bonds. The zero-order chi connectivity index (χ0) is 15.3. The summed E-state index contributed by atoms with van der Waals surface area (Å²) in [5, 5.41) is 0. The Labute approximate surface area is 121 Å². The van der Waals surface area contributed by atoms with Crippen LogP contribution in [0.15, 0.2) is 18.2 Å². The van der Waals surface area contributed by atoms with Gasteiger partial charge >= 0.3 is 7.12 Å². The summed E-state index contributed by atoms with van der Waals surface area (Å²) in [5.41, 5.74) is 0.607. The molecule has 4 heteroatoms. The van der Waals surface area contributed by atoms with Crippen LogP contribution in [0.4, 0.5) is 4.39 Å². The van der Waals surface area contributed by atoms with Crippen molar-refractivity contribution in [3.8, 4) is 0 Å². The highest BCUT2D eigenvalue weighted by atomic mass is 19.1. The predicted molar refractivity (Wildman–Crippen MR) is 80.8 cm³/mol. The lowest BCUT2D eigenvalue weighted by molar-refractivity contribution is 0.00578. The first-order valence-electron chi connectivity index (χ1n) is 7.10. The van der Waals surface area contributed by atoms with Crippen LogP contribution in [-0.4, -0.2) is 18.3 Å². The second-order valence-electron chi connectivity index (χ2n) is 7.57. The molecule has 0 spiro atoms. The molecule has 20 heavy (non-hydrogen) atoms. The summed E-state index contributed by atoms with van der Waals surface area (Å²) in [6, 6.07) is 5.18. The smallest absolute Gasteiger partial charge is 0.399 e. The Balaban J connectivity index is 2.40. The SMILES string of the molecule is CC(C)(C)c1ccc(F)c(B2OC(C)(C)C(C)(C)O2)c1. The lowest BCUT2D eigenvalue weighted by atomic mass is 9.75. The second kappa shape index (κ2) is 4.57. The highest BCUT2D eigenvalue weighted by molar-refractivity contribution is 6.62. The molecule has 1 saturated heterocycles. The molecular formula is C16H24BFO2. The largest absolute Gasteiger partial charge is 0.497 e. The third-order valence-electron chi connectivity index (χ3n) is 4.37. The van der Waals surface area contributed by atoms with Gasteiger partial charge in [-0.1, -0.05) is 32.9 Å². The minimum absolute atomic E-state index is 0.0356. The fourth-order valence-corrected chi connectivity index (χ4v) is 2.16. The molecule has 0 aliphatic carbocycles. The van der Waals surface area contributed by atoms with Gasteiger partial charge < -0.3 is 9.31 Å². The van der Waals surface area contributed by atoms with Gasteiger partial charge in [-0.3, -0.25) is 0 Å². The van der Waals surface area contributed by atoms with Gasteiger partial charge in [0.05, 0.1) is 11.2 Å². The normalized spacial score (nSPS) is 21.3. The molecule has 1 aliphatic heterocycles. The number of hydrogen-bond donors (Lipinski definition) is 0. The Bertz CT molecular complexity index is 502. The molecule has 1 aromatic carbocycles. The van der Waals surface area contributed by atoms with E-state index in [0.717, 1.165) is 5.56 Å². The van der Waals surface area contributed by atoms with Gasteiger partial charge in [-0.25, -0.2) is 4.39 Å². The van der Waals surface area contributed by atoms with Crippen LogP contribution in [-0.2, 0) is 14.7 Å². The molecule has 2 rings (SSSR count). The topological polar surface area (TPSA) is 18.5 Å². The Morgan fingerprint density at radius 2 is 1.50 bits per heavy atom. The monoisotopic (exact) mass is 278 g/mol. The molecule has 2 nitrogen and oxygen atoms in total. The fourth-order valence-electron chi connectivity index (χ4n) is 2.16. The third-order valence-corrected chi connectivity index (χ3v) is 4.37. The van der Waals surface area contributed by atoms with Crippen molar-refractivity contribution in [2.24, 2.45) is 0 Å². The van der Waals surface area contributed by atoms with Crippen LogP contribution in [0.2, 0.25) is 0 Å². The van der Waals surface area contributed by atoms with Crippen molar-refractivity contribution in [3.05, 3.63) is 29.6 Å². The van der Waals surface area contributed by atoms with Crippen LogP contribution in [0.25, 0.3) is 0 Å². The summed E-state index contributed by atoms with van der Waals surface area (Å²) in [6.45, 7) is 14.2. The molecule has 0 saturated carbocycles. The zero-order valence-corrected chi connectivity index (χ0v) is 13.5. The van der Waals surface area contributed by atoms with Crippen LogP contribution >= 0.6 is 0 Å². The van der Waals surface area contributed by atoms with Gasteiger partial charge in [0.2, 0.25) is 0 Å². The summed E-state index contributed by atoms with van der Waals surface area (Å²) in [7, 11) is -0.651. The van der Waals surface area contributed by atoms with Crippen molar-refractivity contribution >= 4 is 12.6 Å². The Kier molecular flexibility index (Phi) is 3.55. The van der Waals surface area contributed by atoms with Crippen LogP contribution in [0.3, 0.4) is 0 Å². The van der Waals surface area contributed by atoms with E-state index in [1.165, 1.54) is 6.07 Å². The summed E-state index contributed by atoms with van der Waals surface area (Å²) in [4.78, 5) is 0. The molecule has 1 heterocycles. The number of hydrogen-bond acceptors (Lipinski definition) is 2. The number of benzene rings is 1. The van der Waals surface area contributed by atoms with Gasteiger partial charge in [0.15, 0.2) is 0 Å². The summed E-state index contributed by atoms with van der Waals surface area (Å²) in [5.74, 6) is -0.281.